The molecule has 1 aliphatic heterocycles. The van der Waals surface area contributed by atoms with Crippen molar-refractivity contribution in [3.8, 4) is 0 Å². The maximum Gasteiger partial charge on any atom is 0.147 e. The van der Waals surface area contributed by atoms with Crippen LogP contribution in [0.4, 0.5) is 0 Å². The highest BCUT2D eigenvalue weighted by atomic mass is 35.5. The van der Waals surface area contributed by atoms with E-state index < -0.39 is 0 Å². The standard InChI is InChI=1S/C10H12Cl2N2/c1-14-4-2-3-9(14)7-5-8(11)10(12)13-6-7/h5-6,9H,2-4H2,1H3/t9-/m0/s1. The molecule has 0 radical (unpaired) electrons. The molecule has 2 rings (SSSR count). The van der Waals surface area contributed by atoms with Crippen LogP contribution in [0.5, 0.6) is 0 Å². The summed E-state index contributed by atoms with van der Waals surface area (Å²) in [5.41, 5.74) is 1.17. The Balaban J connectivity index is 2.28. The number of hydrogen-bond donors (Lipinski definition) is 0. The molecule has 0 aliphatic carbocycles. The van der Waals surface area contributed by atoms with Gasteiger partial charge in [0.15, 0.2) is 0 Å². The minimum Gasteiger partial charge on any atom is -0.299 e. The minimum atomic E-state index is 0.385. The van der Waals surface area contributed by atoms with E-state index in [-0.39, 0.29) is 0 Å². The quantitative estimate of drug-likeness (QED) is 0.690. The second-order valence-corrected chi connectivity index (χ2v) is 4.45. The average molecular weight is 231 g/mol. The summed E-state index contributed by atoms with van der Waals surface area (Å²) in [6.45, 7) is 1.14. The first kappa shape index (κ1) is 10.2. The van der Waals surface area contributed by atoms with E-state index in [2.05, 4.69) is 16.9 Å². The predicted molar refractivity (Wildman–Crippen MR) is 58.9 cm³/mol. The molecule has 14 heavy (non-hydrogen) atoms. The van der Waals surface area contributed by atoms with Gasteiger partial charge in [0.2, 0.25) is 0 Å². The Morgan fingerprint density at radius 3 is 2.86 bits per heavy atom. The fourth-order valence-electron chi connectivity index (χ4n) is 1.95. The van der Waals surface area contributed by atoms with E-state index >= 15 is 0 Å². The molecule has 1 aromatic rings. The third-order valence-corrected chi connectivity index (χ3v) is 3.41. The molecule has 1 aromatic heterocycles. The van der Waals surface area contributed by atoms with Gasteiger partial charge in [-0.3, -0.25) is 4.90 Å². The normalized spacial score (nSPS) is 22.9. The molecule has 1 fully saturated rings. The number of aromatic nitrogens is 1. The largest absolute Gasteiger partial charge is 0.299 e. The molecule has 4 heteroatoms. The first-order chi connectivity index (χ1) is 6.68. The molecule has 76 valence electrons. The maximum atomic E-state index is 5.93. The Morgan fingerprint density at radius 2 is 2.29 bits per heavy atom. The summed E-state index contributed by atoms with van der Waals surface area (Å²) in [7, 11) is 2.13. The van der Waals surface area contributed by atoms with Crippen molar-refractivity contribution in [2.24, 2.45) is 0 Å². The van der Waals surface area contributed by atoms with Crippen molar-refractivity contribution in [3.63, 3.8) is 0 Å². The van der Waals surface area contributed by atoms with E-state index in [1.807, 2.05) is 12.3 Å². The summed E-state index contributed by atoms with van der Waals surface area (Å²) in [5.74, 6) is 0. The van der Waals surface area contributed by atoms with Crippen LogP contribution >= 0.6 is 23.2 Å². The summed E-state index contributed by atoms with van der Waals surface area (Å²) in [6.07, 6.45) is 4.23. The van der Waals surface area contributed by atoms with Gasteiger partial charge in [0.05, 0.1) is 5.02 Å². The first-order valence-corrected chi connectivity index (χ1v) is 5.45. The molecule has 0 amide bonds. The van der Waals surface area contributed by atoms with E-state index in [0.29, 0.717) is 16.2 Å². The second-order valence-electron chi connectivity index (χ2n) is 3.68. The molecule has 0 spiro atoms. The van der Waals surface area contributed by atoms with E-state index in [1.165, 1.54) is 18.4 Å². The molecular formula is C10H12Cl2N2. The zero-order valence-corrected chi connectivity index (χ0v) is 9.52. The van der Waals surface area contributed by atoms with Gasteiger partial charge in [-0.15, -0.1) is 0 Å². The van der Waals surface area contributed by atoms with E-state index in [0.717, 1.165) is 6.54 Å². The monoisotopic (exact) mass is 230 g/mol. The lowest BCUT2D eigenvalue weighted by molar-refractivity contribution is 0.317. The van der Waals surface area contributed by atoms with Crippen molar-refractivity contribution in [2.75, 3.05) is 13.6 Å². The van der Waals surface area contributed by atoms with Gasteiger partial charge in [-0.2, -0.15) is 0 Å². The summed E-state index contributed by atoms with van der Waals surface area (Å²) < 4.78 is 0. The highest BCUT2D eigenvalue weighted by molar-refractivity contribution is 6.41. The molecule has 0 aromatic carbocycles. The SMILES string of the molecule is CN1CCC[C@H]1c1cnc(Cl)c(Cl)c1. The number of halogens is 2. The Morgan fingerprint density at radius 1 is 1.50 bits per heavy atom. The number of hydrogen-bond acceptors (Lipinski definition) is 2. The Labute approximate surface area is 93.8 Å². The molecule has 1 saturated heterocycles. The van der Waals surface area contributed by atoms with Crippen molar-refractivity contribution in [1.29, 1.82) is 0 Å². The van der Waals surface area contributed by atoms with E-state index in [1.54, 1.807) is 0 Å². The van der Waals surface area contributed by atoms with Crippen molar-refractivity contribution < 1.29 is 0 Å². The lowest BCUT2D eigenvalue weighted by Crippen LogP contribution is -2.17. The zero-order chi connectivity index (χ0) is 10.1. The van der Waals surface area contributed by atoms with Crippen molar-refractivity contribution >= 4 is 23.2 Å². The van der Waals surface area contributed by atoms with Crippen LogP contribution in [0.25, 0.3) is 0 Å². The van der Waals surface area contributed by atoms with Gasteiger partial charge in [0.1, 0.15) is 5.15 Å². The molecule has 1 aliphatic rings. The van der Waals surface area contributed by atoms with Crippen LogP contribution in [-0.4, -0.2) is 23.5 Å². The van der Waals surface area contributed by atoms with Crippen LogP contribution in [0, 0.1) is 0 Å². The van der Waals surface area contributed by atoms with Gasteiger partial charge in [0.25, 0.3) is 0 Å². The zero-order valence-electron chi connectivity index (χ0n) is 8.00. The highest BCUT2D eigenvalue weighted by Crippen LogP contribution is 2.32. The van der Waals surface area contributed by atoms with E-state index in [4.69, 9.17) is 23.2 Å². The van der Waals surface area contributed by atoms with Gasteiger partial charge in [-0.05, 0) is 38.1 Å². The second kappa shape index (κ2) is 4.05. The summed E-state index contributed by atoms with van der Waals surface area (Å²) in [5, 5.41) is 0.931. The Hall–Kier alpha value is -0.310. The van der Waals surface area contributed by atoms with Crippen molar-refractivity contribution in [3.05, 3.63) is 28.0 Å². The van der Waals surface area contributed by atoms with Crippen LogP contribution < -0.4 is 0 Å². The van der Waals surface area contributed by atoms with E-state index in [9.17, 15) is 0 Å². The molecule has 0 saturated carbocycles. The van der Waals surface area contributed by atoms with Crippen molar-refractivity contribution in [2.45, 2.75) is 18.9 Å². The first-order valence-electron chi connectivity index (χ1n) is 4.69. The van der Waals surface area contributed by atoms with Crippen LogP contribution in [0.2, 0.25) is 10.2 Å². The lowest BCUT2D eigenvalue weighted by atomic mass is 10.1. The molecule has 2 heterocycles. The topological polar surface area (TPSA) is 16.1 Å². The average Bonchev–Trinajstić information content (AvgIpc) is 2.57. The van der Waals surface area contributed by atoms with Crippen LogP contribution in [0.1, 0.15) is 24.4 Å². The van der Waals surface area contributed by atoms with Gasteiger partial charge < -0.3 is 0 Å². The number of nitrogens with zero attached hydrogens (tertiary/aromatic N) is 2. The summed E-state index contributed by atoms with van der Waals surface area (Å²) in [4.78, 5) is 6.39. The molecule has 1 atom stereocenters. The van der Waals surface area contributed by atoms with Crippen LogP contribution in [0.15, 0.2) is 12.3 Å². The Bertz CT molecular complexity index is 341. The summed E-state index contributed by atoms with van der Waals surface area (Å²) >= 11 is 11.7. The molecule has 0 unspecified atom stereocenters. The Kier molecular flexibility index (Phi) is 2.96. The highest BCUT2D eigenvalue weighted by Gasteiger charge is 2.23. The molecule has 0 bridgehead atoms. The fraction of sp³-hybridized carbons (Fsp3) is 0.500. The predicted octanol–water partition coefficient (Wildman–Crippen LogP) is 3.16. The number of pyridine rings is 1. The number of likely N-dealkylation sites (tertiary alicyclic amines) is 1. The number of rotatable bonds is 1. The summed E-state index contributed by atoms with van der Waals surface area (Å²) in [6, 6.07) is 2.38. The van der Waals surface area contributed by atoms with Crippen LogP contribution in [-0.2, 0) is 0 Å². The maximum absolute atomic E-state index is 5.93. The fourth-order valence-corrected chi connectivity index (χ4v) is 2.23. The third kappa shape index (κ3) is 1.88. The minimum absolute atomic E-state index is 0.385. The van der Waals surface area contributed by atoms with Crippen LogP contribution in [0.3, 0.4) is 0 Å². The van der Waals surface area contributed by atoms with Crippen molar-refractivity contribution in [1.82, 2.24) is 9.88 Å². The van der Waals surface area contributed by atoms with Gasteiger partial charge >= 0.3 is 0 Å². The smallest absolute Gasteiger partial charge is 0.147 e. The lowest BCUT2D eigenvalue weighted by Gasteiger charge is -2.19. The molecular weight excluding hydrogens is 219 g/mol. The van der Waals surface area contributed by atoms with Gasteiger partial charge in [-0.1, -0.05) is 23.2 Å². The van der Waals surface area contributed by atoms with Gasteiger partial charge in [-0.25, -0.2) is 4.98 Å². The molecule has 2 nitrogen and oxygen atoms in total. The molecule has 0 N–H and O–H groups in total. The van der Waals surface area contributed by atoms with Gasteiger partial charge in [0, 0.05) is 12.2 Å². The third-order valence-electron chi connectivity index (χ3n) is 2.72.